The fraction of sp³-hybridized carbons (Fsp3) is 0.692. The summed E-state index contributed by atoms with van der Waals surface area (Å²) < 4.78 is 0. The van der Waals surface area contributed by atoms with E-state index in [0.717, 1.165) is 24.6 Å². The van der Waals surface area contributed by atoms with Crippen molar-refractivity contribution >= 4 is 5.82 Å². The maximum atomic E-state index is 5.76. The summed E-state index contributed by atoms with van der Waals surface area (Å²) in [5.74, 6) is 2.13. The Kier molecular flexibility index (Phi) is 3.62. The number of rotatable bonds is 3. The van der Waals surface area contributed by atoms with Gasteiger partial charge in [0.1, 0.15) is 11.6 Å². The molecule has 2 heterocycles. The van der Waals surface area contributed by atoms with Crippen LogP contribution in [0.25, 0.3) is 0 Å². The van der Waals surface area contributed by atoms with E-state index < -0.39 is 0 Å². The monoisotopic (exact) mass is 234 g/mol. The molecule has 1 aromatic rings. The third kappa shape index (κ3) is 2.94. The van der Waals surface area contributed by atoms with E-state index >= 15 is 0 Å². The maximum Gasteiger partial charge on any atom is 0.144 e. The molecule has 94 valence electrons. The highest BCUT2D eigenvalue weighted by atomic mass is 15.2. The lowest BCUT2D eigenvalue weighted by atomic mass is 10.0. The molecule has 0 aromatic carbocycles. The SMILES string of the molecule is Cc1cc(N)nc(CN2CCCC2C(C)C)n1. The van der Waals surface area contributed by atoms with Gasteiger partial charge in [-0.25, -0.2) is 9.97 Å². The third-order valence-corrected chi connectivity index (χ3v) is 3.45. The summed E-state index contributed by atoms with van der Waals surface area (Å²) in [6, 6.07) is 2.48. The molecule has 1 fully saturated rings. The van der Waals surface area contributed by atoms with Crippen LogP contribution in [0.15, 0.2) is 6.07 Å². The summed E-state index contributed by atoms with van der Waals surface area (Å²) in [6.45, 7) is 8.52. The standard InChI is InChI=1S/C13H22N4/c1-9(2)11-5-4-6-17(11)8-13-15-10(3)7-12(14)16-13/h7,9,11H,4-6,8H2,1-3H3,(H2,14,15,16). The molecule has 0 saturated carbocycles. The van der Waals surface area contributed by atoms with Gasteiger partial charge in [-0.3, -0.25) is 4.90 Å². The maximum absolute atomic E-state index is 5.76. The number of aromatic nitrogens is 2. The number of aryl methyl sites for hydroxylation is 1. The van der Waals surface area contributed by atoms with Crippen LogP contribution in [0.2, 0.25) is 0 Å². The first-order valence-electron chi connectivity index (χ1n) is 6.40. The van der Waals surface area contributed by atoms with Crippen molar-refractivity contribution in [2.24, 2.45) is 5.92 Å². The van der Waals surface area contributed by atoms with E-state index in [1.807, 2.05) is 13.0 Å². The fourth-order valence-electron chi connectivity index (χ4n) is 2.71. The summed E-state index contributed by atoms with van der Waals surface area (Å²) in [7, 11) is 0. The summed E-state index contributed by atoms with van der Waals surface area (Å²) >= 11 is 0. The van der Waals surface area contributed by atoms with Crippen LogP contribution in [-0.4, -0.2) is 27.5 Å². The van der Waals surface area contributed by atoms with Gasteiger partial charge in [0.2, 0.25) is 0 Å². The molecule has 0 aliphatic carbocycles. The molecular weight excluding hydrogens is 212 g/mol. The van der Waals surface area contributed by atoms with Gasteiger partial charge in [0, 0.05) is 17.8 Å². The summed E-state index contributed by atoms with van der Waals surface area (Å²) in [5, 5.41) is 0. The van der Waals surface area contributed by atoms with Gasteiger partial charge in [0.25, 0.3) is 0 Å². The van der Waals surface area contributed by atoms with E-state index in [1.165, 1.54) is 12.8 Å². The van der Waals surface area contributed by atoms with Crippen molar-refractivity contribution in [3.05, 3.63) is 17.6 Å². The highest BCUT2D eigenvalue weighted by Crippen LogP contribution is 2.24. The number of likely N-dealkylation sites (tertiary alicyclic amines) is 1. The Morgan fingerprint density at radius 3 is 2.88 bits per heavy atom. The van der Waals surface area contributed by atoms with Crippen molar-refractivity contribution in [1.29, 1.82) is 0 Å². The number of anilines is 1. The molecule has 1 atom stereocenters. The van der Waals surface area contributed by atoms with Crippen molar-refractivity contribution < 1.29 is 0 Å². The van der Waals surface area contributed by atoms with E-state index in [2.05, 4.69) is 28.7 Å². The van der Waals surface area contributed by atoms with Gasteiger partial charge in [-0.1, -0.05) is 13.8 Å². The van der Waals surface area contributed by atoms with Gasteiger partial charge in [-0.2, -0.15) is 0 Å². The van der Waals surface area contributed by atoms with Crippen LogP contribution >= 0.6 is 0 Å². The van der Waals surface area contributed by atoms with Gasteiger partial charge in [0.15, 0.2) is 0 Å². The fourth-order valence-corrected chi connectivity index (χ4v) is 2.71. The second-order valence-corrected chi connectivity index (χ2v) is 5.27. The molecular formula is C13H22N4. The number of nitrogens with two attached hydrogens (primary N) is 1. The molecule has 1 aliphatic rings. The van der Waals surface area contributed by atoms with E-state index in [-0.39, 0.29) is 0 Å². The molecule has 4 heteroatoms. The number of nitrogen functional groups attached to an aromatic ring is 1. The third-order valence-electron chi connectivity index (χ3n) is 3.45. The van der Waals surface area contributed by atoms with Crippen LogP contribution < -0.4 is 5.73 Å². The Hall–Kier alpha value is -1.16. The molecule has 1 aliphatic heterocycles. The Morgan fingerprint density at radius 1 is 1.47 bits per heavy atom. The first kappa shape index (κ1) is 12.3. The minimum atomic E-state index is 0.577. The van der Waals surface area contributed by atoms with Crippen LogP contribution in [-0.2, 0) is 6.54 Å². The first-order valence-corrected chi connectivity index (χ1v) is 6.40. The quantitative estimate of drug-likeness (QED) is 0.869. The van der Waals surface area contributed by atoms with Crippen molar-refractivity contribution in [1.82, 2.24) is 14.9 Å². The average molecular weight is 234 g/mol. The lowest BCUT2D eigenvalue weighted by Crippen LogP contribution is -2.33. The normalized spacial score (nSPS) is 21.3. The second kappa shape index (κ2) is 5.00. The van der Waals surface area contributed by atoms with Crippen LogP contribution in [0.1, 0.15) is 38.2 Å². The van der Waals surface area contributed by atoms with Crippen molar-refractivity contribution in [2.75, 3.05) is 12.3 Å². The Bertz CT molecular complexity index is 369. The smallest absolute Gasteiger partial charge is 0.144 e. The Balaban J connectivity index is 2.09. The molecule has 1 saturated heterocycles. The molecule has 1 aromatic heterocycles. The zero-order chi connectivity index (χ0) is 12.4. The average Bonchev–Trinajstić information content (AvgIpc) is 2.63. The van der Waals surface area contributed by atoms with Crippen LogP contribution in [0.4, 0.5) is 5.82 Å². The van der Waals surface area contributed by atoms with Gasteiger partial charge in [-0.15, -0.1) is 0 Å². The lowest BCUT2D eigenvalue weighted by molar-refractivity contribution is 0.194. The largest absolute Gasteiger partial charge is 0.384 e. The van der Waals surface area contributed by atoms with Crippen molar-refractivity contribution in [2.45, 2.75) is 46.2 Å². The van der Waals surface area contributed by atoms with Crippen LogP contribution in [0.3, 0.4) is 0 Å². The van der Waals surface area contributed by atoms with Gasteiger partial charge in [0.05, 0.1) is 6.54 Å². The molecule has 17 heavy (non-hydrogen) atoms. The van der Waals surface area contributed by atoms with Crippen LogP contribution in [0, 0.1) is 12.8 Å². The summed E-state index contributed by atoms with van der Waals surface area (Å²) in [5.41, 5.74) is 6.71. The van der Waals surface area contributed by atoms with Gasteiger partial charge >= 0.3 is 0 Å². The van der Waals surface area contributed by atoms with Crippen LogP contribution in [0.5, 0.6) is 0 Å². The molecule has 4 nitrogen and oxygen atoms in total. The molecule has 0 spiro atoms. The van der Waals surface area contributed by atoms with Gasteiger partial charge in [-0.05, 0) is 32.2 Å². The molecule has 2 rings (SSSR count). The van der Waals surface area contributed by atoms with E-state index in [1.54, 1.807) is 0 Å². The molecule has 0 radical (unpaired) electrons. The highest BCUT2D eigenvalue weighted by molar-refractivity contribution is 5.29. The van der Waals surface area contributed by atoms with Crippen molar-refractivity contribution in [3.63, 3.8) is 0 Å². The minimum absolute atomic E-state index is 0.577. The van der Waals surface area contributed by atoms with Crippen molar-refractivity contribution in [3.8, 4) is 0 Å². The predicted octanol–water partition coefficient (Wildman–Crippen LogP) is 1.99. The topological polar surface area (TPSA) is 55.0 Å². The van der Waals surface area contributed by atoms with E-state index in [4.69, 9.17) is 5.73 Å². The highest BCUT2D eigenvalue weighted by Gasteiger charge is 2.27. The predicted molar refractivity (Wildman–Crippen MR) is 69.5 cm³/mol. The summed E-state index contributed by atoms with van der Waals surface area (Å²) in [4.78, 5) is 11.3. The molecule has 0 amide bonds. The minimum Gasteiger partial charge on any atom is -0.384 e. The molecule has 1 unspecified atom stereocenters. The number of hydrogen-bond donors (Lipinski definition) is 1. The van der Waals surface area contributed by atoms with E-state index in [0.29, 0.717) is 17.8 Å². The zero-order valence-corrected chi connectivity index (χ0v) is 11.0. The van der Waals surface area contributed by atoms with Gasteiger partial charge < -0.3 is 5.73 Å². The number of nitrogens with zero attached hydrogens (tertiary/aromatic N) is 3. The zero-order valence-electron chi connectivity index (χ0n) is 11.0. The second-order valence-electron chi connectivity index (χ2n) is 5.27. The number of hydrogen-bond acceptors (Lipinski definition) is 4. The van der Waals surface area contributed by atoms with E-state index in [9.17, 15) is 0 Å². The molecule has 0 bridgehead atoms. The Morgan fingerprint density at radius 2 is 2.24 bits per heavy atom. The lowest BCUT2D eigenvalue weighted by Gasteiger charge is -2.26. The summed E-state index contributed by atoms with van der Waals surface area (Å²) in [6.07, 6.45) is 2.57. The molecule has 2 N–H and O–H groups in total. The first-order chi connectivity index (χ1) is 8.06. The Labute approximate surface area is 103 Å².